The maximum atomic E-state index is 13.5. The van der Waals surface area contributed by atoms with Crippen molar-refractivity contribution < 1.29 is 23.1 Å². The number of carbonyl (C=O) groups is 1. The minimum Gasteiger partial charge on any atom is -0.467 e. The molecule has 7 heteroatoms. The van der Waals surface area contributed by atoms with Crippen molar-refractivity contribution in [3.05, 3.63) is 59.6 Å². The molecule has 0 spiro atoms. The summed E-state index contributed by atoms with van der Waals surface area (Å²) in [5, 5.41) is 15.2. The zero-order valence-corrected chi connectivity index (χ0v) is 13.3. The average Bonchev–Trinajstić information content (AvgIpc) is 3.05. The summed E-state index contributed by atoms with van der Waals surface area (Å²) in [5.74, 6) is -0.587. The van der Waals surface area contributed by atoms with Crippen LogP contribution in [0.15, 0.2) is 41.0 Å². The number of urea groups is 1. The van der Waals surface area contributed by atoms with Gasteiger partial charge in [0.25, 0.3) is 0 Å². The molecule has 1 aromatic carbocycles. The first-order valence-corrected chi connectivity index (χ1v) is 7.65. The summed E-state index contributed by atoms with van der Waals surface area (Å²) in [7, 11) is 0. The first-order chi connectivity index (χ1) is 11.5. The molecule has 0 fully saturated rings. The van der Waals surface area contributed by atoms with Gasteiger partial charge in [0.2, 0.25) is 0 Å². The third kappa shape index (κ3) is 5.34. The number of benzene rings is 1. The van der Waals surface area contributed by atoms with E-state index < -0.39 is 23.8 Å². The molecule has 0 bridgehead atoms. The summed E-state index contributed by atoms with van der Waals surface area (Å²) >= 11 is 0. The fourth-order valence-corrected chi connectivity index (χ4v) is 2.31. The normalized spacial score (nSPS) is 13.3. The molecule has 0 aliphatic carbocycles. The molecule has 0 aliphatic rings. The van der Waals surface area contributed by atoms with Crippen LogP contribution in [0.1, 0.15) is 30.8 Å². The largest absolute Gasteiger partial charge is 0.467 e. The molecule has 0 aliphatic heterocycles. The molecule has 130 valence electrons. The third-order valence-electron chi connectivity index (χ3n) is 3.51. The Morgan fingerprint density at radius 2 is 2.12 bits per heavy atom. The minimum atomic E-state index is -0.809. The van der Waals surface area contributed by atoms with Crippen molar-refractivity contribution in [2.75, 3.05) is 6.54 Å². The Labute approximate surface area is 138 Å². The number of hydrogen-bond acceptors (Lipinski definition) is 3. The second kappa shape index (κ2) is 8.44. The Bertz CT molecular complexity index is 662. The number of rotatable bonds is 7. The van der Waals surface area contributed by atoms with E-state index in [1.165, 1.54) is 6.26 Å². The predicted octanol–water partition coefficient (Wildman–Crippen LogP) is 2.91. The van der Waals surface area contributed by atoms with E-state index in [9.17, 15) is 18.7 Å². The van der Waals surface area contributed by atoms with Gasteiger partial charge >= 0.3 is 6.03 Å². The topological polar surface area (TPSA) is 74.5 Å². The second-order valence-electron chi connectivity index (χ2n) is 5.55. The molecule has 2 rings (SSSR count). The van der Waals surface area contributed by atoms with E-state index in [2.05, 4.69) is 10.6 Å². The summed E-state index contributed by atoms with van der Waals surface area (Å²) in [6, 6.07) is 5.81. The molecular weight excluding hydrogens is 318 g/mol. The zero-order chi connectivity index (χ0) is 17.5. The van der Waals surface area contributed by atoms with Gasteiger partial charge < -0.3 is 20.2 Å². The summed E-state index contributed by atoms with van der Waals surface area (Å²) < 4.78 is 31.6. The van der Waals surface area contributed by atoms with Crippen LogP contribution in [0.25, 0.3) is 0 Å². The van der Waals surface area contributed by atoms with Crippen LogP contribution in [0.2, 0.25) is 0 Å². The van der Waals surface area contributed by atoms with E-state index in [0.717, 1.165) is 18.2 Å². The minimum absolute atomic E-state index is 0.166. The quantitative estimate of drug-likeness (QED) is 0.727. The van der Waals surface area contributed by atoms with Gasteiger partial charge in [-0.25, -0.2) is 13.6 Å². The van der Waals surface area contributed by atoms with Crippen LogP contribution in [-0.2, 0) is 6.42 Å². The van der Waals surface area contributed by atoms with Crippen LogP contribution < -0.4 is 10.6 Å². The van der Waals surface area contributed by atoms with Crippen molar-refractivity contribution in [1.29, 1.82) is 0 Å². The number of hydrogen-bond donors (Lipinski definition) is 3. The van der Waals surface area contributed by atoms with Gasteiger partial charge in [-0.2, -0.15) is 0 Å². The predicted molar refractivity (Wildman–Crippen MR) is 84.3 cm³/mol. The van der Waals surface area contributed by atoms with E-state index in [1.54, 1.807) is 19.1 Å². The van der Waals surface area contributed by atoms with E-state index in [0.29, 0.717) is 12.2 Å². The Hall–Kier alpha value is -2.41. The summed E-state index contributed by atoms with van der Waals surface area (Å²) in [5.41, 5.74) is 0.205. The number of nitrogens with one attached hydrogen (secondary N) is 2. The van der Waals surface area contributed by atoms with Gasteiger partial charge in [-0.05, 0) is 49.2 Å². The van der Waals surface area contributed by atoms with Gasteiger partial charge in [-0.1, -0.05) is 0 Å². The van der Waals surface area contributed by atoms with Crippen molar-refractivity contribution in [2.24, 2.45) is 0 Å². The van der Waals surface area contributed by atoms with Crippen LogP contribution >= 0.6 is 0 Å². The number of carbonyl (C=O) groups excluding carboxylic acids is 1. The number of aliphatic hydroxyl groups excluding tert-OH is 1. The first-order valence-electron chi connectivity index (χ1n) is 7.65. The fraction of sp³-hybridized carbons (Fsp3) is 0.353. The molecule has 0 saturated carbocycles. The van der Waals surface area contributed by atoms with Crippen molar-refractivity contribution >= 4 is 6.03 Å². The Morgan fingerprint density at radius 3 is 2.83 bits per heavy atom. The van der Waals surface area contributed by atoms with Gasteiger partial charge in [-0.15, -0.1) is 0 Å². The zero-order valence-electron chi connectivity index (χ0n) is 13.3. The lowest BCUT2D eigenvalue weighted by Crippen LogP contribution is -2.42. The molecule has 24 heavy (non-hydrogen) atoms. The summed E-state index contributed by atoms with van der Waals surface area (Å²) in [4.78, 5) is 11.8. The molecule has 2 aromatic rings. The van der Waals surface area contributed by atoms with Crippen LogP contribution in [0, 0.1) is 11.6 Å². The van der Waals surface area contributed by atoms with Gasteiger partial charge in [0.05, 0.1) is 6.26 Å². The highest BCUT2D eigenvalue weighted by Crippen LogP contribution is 2.18. The van der Waals surface area contributed by atoms with Gasteiger partial charge in [0, 0.05) is 19.0 Å². The maximum absolute atomic E-state index is 13.5. The number of halogens is 2. The molecule has 0 radical (unpaired) electrons. The Morgan fingerprint density at radius 1 is 1.33 bits per heavy atom. The van der Waals surface area contributed by atoms with Crippen molar-refractivity contribution in [3.63, 3.8) is 0 Å². The van der Waals surface area contributed by atoms with Crippen molar-refractivity contribution in [1.82, 2.24) is 10.6 Å². The second-order valence-corrected chi connectivity index (χ2v) is 5.55. The highest BCUT2D eigenvalue weighted by molar-refractivity contribution is 5.74. The summed E-state index contributed by atoms with van der Waals surface area (Å²) in [6.45, 7) is 1.91. The highest BCUT2D eigenvalue weighted by atomic mass is 19.1. The standard InChI is InChI=1S/C17H20F2N2O3/c1-11(9-15(22)16-3-2-8-24-16)21-17(23)20-7-6-12-10-13(18)4-5-14(12)19/h2-5,8,10-11,15,22H,6-7,9H2,1H3,(H2,20,21,23). The van der Waals surface area contributed by atoms with E-state index >= 15 is 0 Å². The lowest BCUT2D eigenvalue weighted by Gasteiger charge is -2.17. The monoisotopic (exact) mass is 338 g/mol. The molecule has 3 N–H and O–H groups in total. The molecule has 2 atom stereocenters. The lowest BCUT2D eigenvalue weighted by molar-refractivity contribution is 0.129. The average molecular weight is 338 g/mol. The smallest absolute Gasteiger partial charge is 0.315 e. The Balaban J connectivity index is 1.71. The van der Waals surface area contributed by atoms with E-state index in [4.69, 9.17) is 4.42 Å². The Kier molecular flexibility index (Phi) is 6.31. The number of furan rings is 1. The van der Waals surface area contributed by atoms with Crippen LogP contribution in [0.3, 0.4) is 0 Å². The summed E-state index contributed by atoms with van der Waals surface area (Å²) in [6.07, 6.45) is 1.13. The van der Waals surface area contributed by atoms with Gasteiger partial charge in [0.1, 0.15) is 23.5 Å². The van der Waals surface area contributed by atoms with Crippen LogP contribution in [-0.4, -0.2) is 23.7 Å². The van der Waals surface area contributed by atoms with Gasteiger partial charge in [0.15, 0.2) is 0 Å². The van der Waals surface area contributed by atoms with E-state index in [-0.39, 0.29) is 24.6 Å². The lowest BCUT2D eigenvalue weighted by atomic mass is 10.1. The third-order valence-corrected chi connectivity index (χ3v) is 3.51. The fourth-order valence-electron chi connectivity index (χ4n) is 2.31. The molecule has 1 aromatic heterocycles. The van der Waals surface area contributed by atoms with Crippen LogP contribution in [0.4, 0.5) is 13.6 Å². The van der Waals surface area contributed by atoms with Crippen LogP contribution in [0.5, 0.6) is 0 Å². The highest BCUT2D eigenvalue weighted by Gasteiger charge is 2.16. The first kappa shape index (κ1) is 17.9. The molecule has 2 unspecified atom stereocenters. The number of amides is 2. The van der Waals surface area contributed by atoms with E-state index in [1.807, 2.05) is 0 Å². The molecular formula is C17H20F2N2O3. The van der Waals surface area contributed by atoms with Crippen molar-refractivity contribution in [3.8, 4) is 0 Å². The SMILES string of the molecule is CC(CC(O)c1ccco1)NC(=O)NCCc1cc(F)ccc1F. The maximum Gasteiger partial charge on any atom is 0.315 e. The molecule has 1 heterocycles. The number of aliphatic hydroxyl groups is 1. The van der Waals surface area contributed by atoms with Crippen molar-refractivity contribution in [2.45, 2.75) is 31.9 Å². The molecule has 2 amide bonds. The molecule has 5 nitrogen and oxygen atoms in total. The van der Waals surface area contributed by atoms with Gasteiger partial charge in [-0.3, -0.25) is 0 Å². The molecule has 0 saturated heterocycles.